The Bertz CT molecular complexity index is 728. The first-order valence-electron chi connectivity index (χ1n) is 8.57. The van der Waals surface area contributed by atoms with E-state index in [1.54, 1.807) is 30.9 Å². The fraction of sp³-hybridized carbons (Fsp3) is 0.588. The first-order valence-corrected chi connectivity index (χ1v) is 11.5. The molecule has 8 heteroatoms. The van der Waals surface area contributed by atoms with Crippen molar-refractivity contribution >= 4 is 26.7 Å². The Morgan fingerprint density at radius 1 is 1.20 bits per heavy atom. The van der Waals surface area contributed by atoms with Crippen LogP contribution >= 0.6 is 0 Å². The Kier molecular flexibility index (Phi) is 6.76. The van der Waals surface area contributed by atoms with Gasteiger partial charge in [0.15, 0.2) is 0 Å². The molecule has 1 heterocycles. The summed E-state index contributed by atoms with van der Waals surface area (Å²) in [5.41, 5.74) is 0.457. The van der Waals surface area contributed by atoms with Gasteiger partial charge in [0.1, 0.15) is 0 Å². The largest absolute Gasteiger partial charge is 0.335 e. The Morgan fingerprint density at radius 3 is 2.36 bits per heavy atom. The molecule has 1 aromatic carbocycles. The second-order valence-corrected chi connectivity index (χ2v) is 9.73. The number of carbonyl (C=O) groups excluding carboxylic acids is 1. The zero-order valence-corrected chi connectivity index (χ0v) is 16.6. The Morgan fingerprint density at radius 2 is 1.80 bits per heavy atom. The fourth-order valence-electron chi connectivity index (χ4n) is 2.93. The third-order valence-corrected chi connectivity index (χ3v) is 7.95. The lowest BCUT2D eigenvalue weighted by Crippen LogP contribution is -2.39. The molecule has 0 radical (unpaired) electrons. The van der Waals surface area contributed by atoms with Gasteiger partial charge in [-0.2, -0.15) is 4.31 Å². The summed E-state index contributed by atoms with van der Waals surface area (Å²) in [5, 5.41) is 0. The molecule has 1 aromatic rings. The number of hydrogen-bond acceptors (Lipinski definition) is 4. The van der Waals surface area contributed by atoms with E-state index in [2.05, 4.69) is 0 Å². The van der Waals surface area contributed by atoms with E-state index in [1.165, 1.54) is 16.4 Å². The summed E-state index contributed by atoms with van der Waals surface area (Å²) in [6.07, 6.45) is 0.715. The van der Waals surface area contributed by atoms with Crippen molar-refractivity contribution < 1.29 is 17.4 Å². The molecule has 0 N–H and O–H groups in total. The average molecular weight is 387 g/mol. The van der Waals surface area contributed by atoms with Gasteiger partial charge in [-0.3, -0.25) is 9.00 Å². The predicted octanol–water partition coefficient (Wildman–Crippen LogP) is 1.70. The van der Waals surface area contributed by atoms with Crippen molar-refractivity contribution in [2.45, 2.75) is 38.1 Å². The van der Waals surface area contributed by atoms with Crippen LogP contribution in [0.1, 0.15) is 37.6 Å². The van der Waals surface area contributed by atoms with E-state index in [0.29, 0.717) is 43.1 Å². The molecule has 0 bridgehead atoms. The average Bonchev–Trinajstić information content (AvgIpc) is 2.76. The first-order chi connectivity index (χ1) is 11.8. The van der Waals surface area contributed by atoms with Gasteiger partial charge >= 0.3 is 0 Å². The maximum Gasteiger partial charge on any atom is 0.254 e. The van der Waals surface area contributed by atoms with Crippen molar-refractivity contribution in [3.8, 4) is 0 Å². The van der Waals surface area contributed by atoms with Gasteiger partial charge in [-0.15, -0.1) is 0 Å². The van der Waals surface area contributed by atoms with E-state index >= 15 is 0 Å². The maximum absolute atomic E-state index is 12.7. The molecular formula is C17H26N2O4S2. The molecule has 2 rings (SSSR count). The minimum atomic E-state index is -3.52. The molecule has 1 aliphatic heterocycles. The summed E-state index contributed by atoms with van der Waals surface area (Å²) in [6.45, 7) is 6.82. The lowest BCUT2D eigenvalue weighted by atomic mass is 10.1. The number of rotatable bonds is 5. The minimum Gasteiger partial charge on any atom is -0.335 e. The summed E-state index contributed by atoms with van der Waals surface area (Å²) in [7, 11) is -4.40. The summed E-state index contributed by atoms with van der Waals surface area (Å²) in [6, 6.07) is 6.13. The molecule has 25 heavy (non-hydrogen) atoms. The molecule has 140 valence electrons. The van der Waals surface area contributed by atoms with Crippen LogP contribution in [0.25, 0.3) is 0 Å². The minimum absolute atomic E-state index is 0.0260. The molecule has 1 aliphatic rings. The van der Waals surface area contributed by atoms with Crippen molar-refractivity contribution in [2.24, 2.45) is 0 Å². The van der Waals surface area contributed by atoms with Gasteiger partial charge in [-0.25, -0.2) is 8.42 Å². The fourth-order valence-corrected chi connectivity index (χ4v) is 5.60. The molecule has 6 nitrogen and oxygen atoms in total. The second kappa shape index (κ2) is 8.42. The molecular weight excluding hydrogens is 360 g/mol. The van der Waals surface area contributed by atoms with Crippen LogP contribution in [0.5, 0.6) is 0 Å². The standard InChI is InChI=1S/C17H26N2O4S2/c1-4-18(5-2)25(22,23)16-8-6-15(7-9-16)17(20)19-11-13-24(21)12-10-14(19)3/h6-9,14H,4-5,10-13H2,1-3H3/t14-,24+/m0/s1. The second-order valence-electron chi connectivity index (χ2n) is 6.10. The van der Waals surface area contributed by atoms with E-state index in [0.717, 1.165) is 0 Å². The summed E-state index contributed by atoms with van der Waals surface area (Å²) >= 11 is 0. The number of carbonyl (C=O) groups is 1. The van der Waals surface area contributed by atoms with Crippen LogP contribution in [-0.2, 0) is 20.8 Å². The number of nitrogens with zero attached hydrogens (tertiary/aromatic N) is 2. The normalized spacial score (nSPS) is 22.0. The van der Waals surface area contributed by atoms with Crippen LogP contribution in [0.3, 0.4) is 0 Å². The first kappa shape index (κ1) is 20.1. The molecule has 0 spiro atoms. The van der Waals surface area contributed by atoms with Crippen LogP contribution < -0.4 is 0 Å². The molecule has 1 saturated heterocycles. The summed E-state index contributed by atoms with van der Waals surface area (Å²) in [4.78, 5) is 14.7. The number of benzene rings is 1. The van der Waals surface area contributed by atoms with Crippen LogP contribution in [-0.4, -0.2) is 64.9 Å². The van der Waals surface area contributed by atoms with E-state index in [9.17, 15) is 17.4 Å². The third-order valence-electron chi connectivity index (χ3n) is 4.56. The van der Waals surface area contributed by atoms with Gasteiger partial charge in [0, 0.05) is 53.5 Å². The zero-order chi connectivity index (χ0) is 18.6. The third kappa shape index (κ3) is 4.48. The SMILES string of the molecule is CCN(CC)S(=O)(=O)c1ccc(C(=O)N2CC[S@](=O)CC[C@@H]2C)cc1. The Balaban J connectivity index is 2.21. The van der Waals surface area contributed by atoms with Crippen molar-refractivity contribution in [2.75, 3.05) is 31.1 Å². The van der Waals surface area contributed by atoms with Gasteiger partial charge in [-0.05, 0) is 37.6 Å². The topological polar surface area (TPSA) is 74.8 Å². The van der Waals surface area contributed by atoms with E-state index in [1.807, 2.05) is 6.92 Å². The zero-order valence-electron chi connectivity index (χ0n) is 15.0. The quantitative estimate of drug-likeness (QED) is 0.772. The maximum atomic E-state index is 12.7. The Labute approximate surface area is 152 Å². The van der Waals surface area contributed by atoms with Gasteiger partial charge in [-0.1, -0.05) is 13.8 Å². The highest BCUT2D eigenvalue weighted by Crippen LogP contribution is 2.19. The van der Waals surface area contributed by atoms with Crippen molar-refractivity contribution in [3.63, 3.8) is 0 Å². The highest BCUT2D eigenvalue weighted by atomic mass is 32.2. The molecule has 1 amide bonds. The predicted molar refractivity (Wildman–Crippen MR) is 99.5 cm³/mol. The van der Waals surface area contributed by atoms with Crippen molar-refractivity contribution in [1.82, 2.24) is 9.21 Å². The van der Waals surface area contributed by atoms with Gasteiger partial charge < -0.3 is 4.90 Å². The van der Waals surface area contributed by atoms with E-state index < -0.39 is 20.8 Å². The highest BCUT2D eigenvalue weighted by Gasteiger charge is 2.26. The van der Waals surface area contributed by atoms with Crippen molar-refractivity contribution in [3.05, 3.63) is 29.8 Å². The number of amides is 1. The van der Waals surface area contributed by atoms with Crippen LogP contribution in [0.15, 0.2) is 29.2 Å². The van der Waals surface area contributed by atoms with Crippen molar-refractivity contribution in [1.29, 1.82) is 0 Å². The molecule has 0 aliphatic carbocycles. The van der Waals surface area contributed by atoms with Gasteiger partial charge in [0.25, 0.3) is 5.91 Å². The summed E-state index contributed by atoms with van der Waals surface area (Å²) in [5.74, 6) is 0.967. The highest BCUT2D eigenvalue weighted by molar-refractivity contribution is 7.89. The van der Waals surface area contributed by atoms with E-state index in [4.69, 9.17) is 0 Å². The summed E-state index contributed by atoms with van der Waals surface area (Å²) < 4.78 is 38.1. The molecule has 0 unspecified atom stereocenters. The van der Waals surface area contributed by atoms with Gasteiger partial charge in [0.05, 0.1) is 4.90 Å². The van der Waals surface area contributed by atoms with E-state index in [-0.39, 0.29) is 16.8 Å². The molecule has 1 fully saturated rings. The smallest absolute Gasteiger partial charge is 0.254 e. The number of hydrogen-bond donors (Lipinski definition) is 0. The van der Waals surface area contributed by atoms with Crippen LogP contribution in [0.2, 0.25) is 0 Å². The van der Waals surface area contributed by atoms with Crippen LogP contribution in [0, 0.1) is 0 Å². The monoisotopic (exact) mass is 386 g/mol. The Hall–Kier alpha value is -1.25. The molecule has 2 atom stereocenters. The lowest BCUT2D eigenvalue weighted by molar-refractivity contribution is 0.0706. The molecule has 0 saturated carbocycles. The lowest BCUT2D eigenvalue weighted by Gasteiger charge is -2.27. The van der Waals surface area contributed by atoms with Crippen LogP contribution in [0.4, 0.5) is 0 Å². The number of sulfonamides is 1. The van der Waals surface area contributed by atoms with Gasteiger partial charge in [0.2, 0.25) is 10.0 Å². The molecule has 0 aromatic heterocycles.